The van der Waals surface area contributed by atoms with Crippen LogP contribution in [0.3, 0.4) is 0 Å². The Labute approximate surface area is 103 Å². The second kappa shape index (κ2) is 6.44. The summed E-state index contributed by atoms with van der Waals surface area (Å²) in [7, 11) is 3.39. The van der Waals surface area contributed by atoms with Crippen LogP contribution in [0.2, 0.25) is 0 Å². The molecule has 1 N–H and O–H groups in total. The van der Waals surface area contributed by atoms with Crippen LogP contribution >= 0.6 is 0 Å². The summed E-state index contributed by atoms with van der Waals surface area (Å²) in [5.41, 5.74) is 0. The van der Waals surface area contributed by atoms with Crippen molar-refractivity contribution in [2.24, 2.45) is 0 Å². The van der Waals surface area contributed by atoms with Crippen molar-refractivity contribution in [2.45, 2.75) is 6.92 Å². The summed E-state index contributed by atoms with van der Waals surface area (Å²) in [5, 5.41) is 3.19. The molecule has 0 aliphatic carbocycles. The topological polar surface area (TPSA) is 55.9 Å². The number of amides is 3. The van der Waals surface area contributed by atoms with Crippen LogP contribution in [0.15, 0.2) is 0 Å². The van der Waals surface area contributed by atoms with Crippen LogP contribution < -0.4 is 5.32 Å². The van der Waals surface area contributed by atoms with Crippen LogP contribution in [0, 0.1) is 0 Å². The van der Waals surface area contributed by atoms with Gasteiger partial charge in [-0.2, -0.15) is 0 Å². The molecule has 1 rings (SSSR count). The van der Waals surface area contributed by atoms with Gasteiger partial charge in [0, 0.05) is 46.8 Å². The molecule has 0 atom stereocenters. The summed E-state index contributed by atoms with van der Waals surface area (Å²) in [6.07, 6.45) is 0. The quantitative estimate of drug-likeness (QED) is 0.720. The molecule has 0 unspecified atom stereocenters. The third-order valence-electron chi connectivity index (χ3n) is 2.97. The summed E-state index contributed by atoms with van der Waals surface area (Å²) < 4.78 is 0. The Kier molecular flexibility index (Phi) is 5.21. The van der Waals surface area contributed by atoms with Crippen molar-refractivity contribution in [3.8, 4) is 0 Å². The van der Waals surface area contributed by atoms with E-state index in [0.717, 1.165) is 26.2 Å². The number of rotatable bonds is 3. The third-order valence-corrected chi connectivity index (χ3v) is 2.97. The number of hydrogen-bond donors (Lipinski definition) is 1. The number of hydrogen-bond acceptors (Lipinski definition) is 3. The molecule has 0 aromatic rings. The zero-order chi connectivity index (χ0) is 12.8. The molecule has 1 aliphatic rings. The van der Waals surface area contributed by atoms with Crippen molar-refractivity contribution in [3.05, 3.63) is 0 Å². The first-order chi connectivity index (χ1) is 8.06. The first kappa shape index (κ1) is 13.8. The average Bonchev–Trinajstić information content (AvgIpc) is 2.37. The van der Waals surface area contributed by atoms with Crippen LogP contribution in [0.1, 0.15) is 6.92 Å². The maximum Gasteiger partial charge on any atom is 0.319 e. The molecule has 1 heterocycles. The van der Waals surface area contributed by atoms with E-state index in [9.17, 15) is 9.59 Å². The van der Waals surface area contributed by atoms with Gasteiger partial charge in [0.25, 0.3) is 0 Å². The van der Waals surface area contributed by atoms with Crippen LogP contribution in [0.4, 0.5) is 4.79 Å². The third kappa shape index (κ3) is 3.89. The summed E-state index contributed by atoms with van der Waals surface area (Å²) in [4.78, 5) is 28.5. The van der Waals surface area contributed by atoms with Crippen LogP contribution in [-0.2, 0) is 4.79 Å². The van der Waals surface area contributed by atoms with Crippen molar-refractivity contribution in [1.29, 1.82) is 0 Å². The van der Waals surface area contributed by atoms with Crippen molar-refractivity contribution in [1.82, 2.24) is 20.0 Å². The Morgan fingerprint density at radius 2 is 1.76 bits per heavy atom. The van der Waals surface area contributed by atoms with Crippen LogP contribution in [0.25, 0.3) is 0 Å². The highest BCUT2D eigenvalue weighted by molar-refractivity contribution is 5.84. The fourth-order valence-corrected chi connectivity index (χ4v) is 1.71. The second-order valence-corrected chi connectivity index (χ2v) is 4.28. The maximum absolute atomic E-state index is 11.9. The summed E-state index contributed by atoms with van der Waals surface area (Å²) in [6, 6.07) is -0.115. The Bertz CT molecular complexity index is 277. The van der Waals surface area contributed by atoms with Gasteiger partial charge in [0.2, 0.25) is 5.91 Å². The van der Waals surface area contributed by atoms with Gasteiger partial charge in [-0.1, -0.05) is 0 Å². The molecule has 6 heteroatoms. The molecule has 3 amide bonds. The Morgan fingerprint density at radius 1 is 1.18 bits per heavy atom. The van der Waals surface area contributed by atoms with E-state index in [4.69, 9.17) is 0 Å². The first-order valence-electron chi connectivity index (χ1n) is 6.01. The lowest BCUT2D eigenvalue weighted by molar-refractivity contribution is -0.132. The van der Waals surface area contributed by atoms with E-state index in [1.54, 1.807) is 23.9 Å². The predicted molar refractivity (Wildman–Crippen MR) is 65.8 cm³/mol. The van der Waals surface area contributed by atoms with E-state index in [1.807, 2.05) is 6.92 Å². The molecule has 17 heavy (non-hydrogen) atoms. The fraction of sp³-hybridized carbons (Fsp3) is 0.818. The van der Waals surface area contributed by atoms with Crippen molar-refractivity contribution in [3.63, 3.8) is 0 Å². The summed E-state index contributed by atoms with van der Waals surface area (Å²) >= 11 is 0. The van der Waals surface area contributed by atoms with Gasteiger partial charge >= 0.3 is 6.03 Å². The van der Waals surface area contributed by atoms with Gasteiger partial charge in [-0.3, -0.25) is 4.79 Å². The Morgan fingerprint density at radius 3 is 2.29 bits per heavy atom. The van der Waals surface area contributed by atoms with Crippen LogP contribution in [0.5, 0.6) is 0 Å². The highest BCUT2D eigenvalue weighted by Crippen LogP contribution is 1.98. The molecular formula is C11H22N4O2. The normalized spacial score (nSPS) is 15.6. The lowest BCUT2D eigenvalue weighted by Crippen LogP contribution is -2.51. The highest BCUT2D eigenvalue weighted by atomic mass is 16.2. The molecule has 1 aliphatic heterocycles. The number of likely N-dealkylation sites (N-methyl/N-ethyl adjacent to an activating group) is 1. The van der Waals surface area contributed by atoms with E-state index in [-0.39, 0.29) is 18.5 Å². The van der Waals surface area contributed by atoms with Gasteiger partial charge in [0.15, 0.2) is 0 Å². The minimum atomic E-state index is -0.115. The summed E-state index contributed by atoms with van der Waals surface area (Å²) in [5.74, 6) is 0.0202. The Hall–Kier alpha value is -1.30. The van der Waals surface area contributed by atoms with E-state index in [2.05, 4.69) is 5.32 Å². The van der Waals surface area contributed by atoms with Gasteiger partial charge in [-0.15, -0.1) is 0 Å². The lowest BCUT2D eigenvalue weighted by atomic mass is 10.3. The Balaban J connectivity index is 2.41. The van der Waals surface area contributed by atoms with E-state index in [0.29, 0.717) is 6.54 Å². The molecule has 0 bridgehead atoms. The molecule has 0 aromatic heterocycles. The van der Waals surface area contributed by atoms with Gasteiger partial charge in [0.05, 0.1) is 0 Å². The number of carbonyl (C=O) groups excluding carboxylic acids is 2. The first-order valence-corrected chi connectivity index (χ1v) is 6.01. The number of nitrogens with zero attached hydrogens (tertiary/aromatic N) is 3. The van der Waals surface area contributed by atoms with E-state index >= 15 is 0 Å². The summed E-state index contributed by atoms with van der Waals surface area (Å²) in [6.45, 7) is 5.82. The SMILES string of the molecule is CCN(C)C(=O)N(C)CC(=O)N1CCNCC1. The zero-order valence-corrected chi connectivity index (χ0v) is 10.9. The van der Waals surface area contributed by atoms with Gasteiger partial charge in [-0.25, -0.2) is 4.79 Å². The lowest BCUT2D eigenvalue weighted by Gasteiger charge is -2.30. The zero-order valence-electron chi connectivity index (χ0n) is 10.9. The minimum absolute atomic E-state index is 0.0202. The molecule has 0 radical (unpaired) electrons. The van der Waals surface area contributed by atoms with Crippen molar-refractivity contribution in [2.75, 3.05) is 53.4 Å². The molecule has 1 fully saturated rings. The van der Waals surface area contributed by atoms with Gasteiger partial charge in [0.1, 0.15) is 6.54 Å². The minimum Gasteiger partial charge on any atom is -0.339 e. The van der Waals surface area contributed by atoms with Crippen molar-refractivity contribution >= 4 is 11.9 Å². The highest BCUT2D eigenvalue weighted by Gasteiger charge is 2.20. The number of piperazine rings is 1. The van der Waals surface area contributed by atoms with Crippen molar-refractivity contribution < 1.29 is 9.59 Å². The molecule has 0 saturated carbocycles. The van der Waals surface area contributed by atoms with Gasteiger partial charge < -0.3 is 20.0 Å². The largest absolute Gasteiger partial charge is 0.339 e. The number of urea groups is 1. The van der Waals surface area contributed by atoms with E-state index in [1.165, 1.54) is 4.90 Å². The molecule has 6 nitrogen and oxygen atoms in total. The second-order valence-electron chi connectivity index (χ2n) is 4.28. The monoisotopic (exact) mass is 242 g/mol. The molecule has 0 aromatic carbocycles. The maximum atomic E-state index is 11.9. The smallest absolute Gasteiger partial charge is 0.319 e. The molecular weight excluding hydrogens is 220 g/mol. The molecule has 1 saturated heterocycles. The number of carbonyl (C=O) groups is 2. The van der Waals surface area contributed by atoms with Gasteiger partial charge in [-0.05, 0) is 6.92 Å². The van der Waals surface area contributed by atoms with E-state index < -0.39 is 0 Å². The average molecular weight is 242 g/mol. The fourth-order valence-electron chi connectivity index (χ4n) is 1.71. The molecule has 0 spiro atoms. The predicted octanol–water partition coefficient (Wildman–Crippen LogP) is -0.578. The standard InChI is InChI=1S/C11H22N4O2/c1-4-13(2)11(17)14(3)9-10(16)15-7-5-12-6-8-15/h12H,4-9H2,1-3H3. The van der Waals surface area contributed by atoms with Crippen LogP contribution in [-0.4, -0.2) is 80.0 Å². The number of nitrogens with one attached hydrogen (secondary N) is 1. The molecule has 98 valence electrons.